The Morgan fingerprint density at radius 1 is 1.33 bits per heavy atom. The monoisotopic (exact) mass is 292 g/mol. The summed E-state index contributed by atoms with van der Waals surface area (Å²) in [6.07, 6.45) is 2.46. The fourth-order valence-corrected chi connectivity index (χ4v) is 2.81. The molecule has 1 aliphatic heterocycles. The molecule has 21 heavy (non-hydrogen) atoms. The Morgan fingerprint density at radius 3 is 2.76 bits per heavy atom. The van der Waals surface area contributed by atoms with Gasteiger partial charge in [0, 0.05) is 13.1 Å². The van der Waals surface area contributed by atoms with Crippen molar-refractivity contribution in [3.05, 3.63) is 23.8 Å². The maximum Gasteiger partial charge on any atom is 0.227 e. The van der Waals surface area contributed by atoms with Crippen LogP contribution < -0.4 is 15.2 Å². The molecule has 0 spiro atoms. The van der Waals surface area contributed by atoms with Gasteiger partial charge in [0.2, 0.25) is 5.91 Å². The summed E-state index contributed by atoms with van der Waals surface area (Å²) in [5.74, 6) is 2.06. The number of nitrogens with two attached hydrogens (primary N) is 1. The second-order valence-electron chi connectivity index (χ2n) is 5.44. The number of rotatable bonds is 6. The fourth-order valence-electron chi connectivity index (χ4n) is 2.81. The van der Waals surface area contributed by atoms with Crippen molar-refractivity contribution in [1.29, 1.82) is 0 Å². The third-order valence-electron chi connectivity index (χ3n) is 4.02. The van der Waals surface area contributed by atoms with Gasteiger partial charge in [-0.05, 0) is 43.0 Å². The van der Waals surface area contributed by atoms with E-state index in [4.69, 9.17) is 15.2 Å². The molecule has 1 aliphatic rings. The smallest absolute Gasteiger partial charge is 0.227 e. The molecule has 0 aromatic heterocycles. The van der Waals surface area contributed by atoms with Gasteiger partial charge in [-0.15, -0.1) is 0 Å². The van der Waals surface area contributed by atoms with E-state index in [0.717, 1.165) is 31.5 Å². The molecule has 116 valence electrons. The summed E-state index contributed by atoms with van der Waals surface area (Å²) < 4.78 is 10.5. The SMILES string of the molecule is COc1ccc(CC(=O)N2CCC(CCN)C2)cc1OC. The van der Waals surface area contributed by atoms with Crippen LogP contribution in [0.25, 0.3) is 0 Å². The zero-order valence-electron chi connectivity index (χ0n) is 12.8. The standard InChI is InChI=1S/C16H24N2O3/c1-20-14-4-3-13(9-15(14)21-2)10-16(19)18-8-6-12(11-18)5-7-17/h3-4,9,12H,5-8,10-11,17H2,1-2H3. The number of amides is 1. The number of methoxy groups -OCH3 is 2. The van der Waals surface area contributed by atoms with Gasteiger partial charge in [-0.25, -0.2) is 0 Å². The molecule has 0 bridgehead atoms. The van der Waals surface area contributed by atoms with Crippen LogP contribution in [0.5, 0.6) is 11.5 Å². The van der Waals surface area contributed by atoms with E-state index in [9.17, 15) is 4.79 Å². The van der Waals surface area contributed by atoms with Crippen LogP contribution in [0.15, 0.2) is 18.2 Å². The van der Waals surface area contributed by atoms with Gasteiger partial charge in [0.05, 0.1) is 20.6 Å². The number of nitrogens with zero attached hydrogens (tertiary/aromatic N) is 1. The van der Waals surface area contributed by atoms with E-state index in [1.165, 1.54) is 0 Å². The summed E-state index contributed by atoms with van der Waals surface area (Å²) in [6, 6.07) is 5.61. The topological polar surface area (TPSA) is 64.8 Å². The summed E-state index contributed by atoms with van der Waals surface area (Å²) >= 11 is 0. The highest BCUT2D eigenvalue weighted by Gasteiger charge is 2.25. The van der Waals surface area contributed by atoms with Crippen molar-refractivity contribution in [2.24, 2.45) is 11.7 Å². The molecule has 0 aliphatic carbocycles. The zero-order valence-corrected chi connectivity index (χ0v) is 12.8. The number of carbonyl (C=O) groups is 1. The Kier molecular flexibility index (Phi) is 5.44. The van der Waals surface area contributed by atoms with Crippen molar-refractivity contribution >= 4 is 5.91 Å². The van der Waals surface area contributed by atoms with Crippen LogP contribution in [0.1, 0.15) is 18.4 Å². The predicted octanol–water partition coefficient (Wildman–Crippen LogP) is 1.44. The van der Waals surface area contributed by atoms with Crippen LogP contribution in [0, 0.1) is 5.92 Å². The number of hydrogen-bond acceptors (Lipinski definition) is 4. The lowest BCUT2D eigenvalue weighted by atomic mass is 10.1. The summed E-state index contributed by atoms with van der Waals surface area (Å²) in [6.45, 7) is 2.38. The molecule has 5 heteroatoms. The van der Waals surface area contributed by atoms with E-state index in [0.29, 0.717) is 30.4 Å². The Morgan fingerprint density at radius 2 is 2.10 bits per heavy atom. The highest BCUT2D eigenvalue weighted by atomic mass is 16.5. The summed E-state index contributed by atoms with van der Waals surface area (Å²) in [5.41, 5.74) is 6.53. The van der Waals surface area contributed by atoms with E-state index in [1.807, 2.05) is 23.1 Å². The molecule has 1 heterocycles. The third kappa shape index (κ3) is 3.88. The van der Waals surface area contributed by atoms with Crippen molar-refractivity contribution in [2.75, 3.05) is 33.9 Å². The lowest BCUT2D eigenvalue weighted by Gasteiger charge is -2.17. The molecule has 2 rings (SSSR count). The largest absolute Gasteiger partial charge is 0.493 e. The van der Waals surface area contributed by atoms with E-state index in [2.05, 4.69) is 0 Å². The normalized spacial score (nSPS) is 17.9. The summed E-state index contributed by atoms with van der Waals surface area (Å²) in [5, 5.41) is 0. The molecule has 1 fully saturated rings. The first kappa shape index (κ1) is 15.6. The van der Waals surface area contributed by atoms with Crippen molar-refractivity contribution in [1.82, 2.24) is 4.90 Å². The van der Waals surface area contributed by atoms with Crippen molar-refractivity contribution in [3.8, 4) is 11.5 Å². The highest BCUT2D eigenvalue weighted by molar-refractivity contribution is 5.79. The van der Waals surface area contributed by atoms with E-state index in [-0.39, 0.29) is 5.91 Å². The van der Waals surface area contributed by atoms with Crippen LogP contribution >= 0.6 is 0 Å². The Hall–Kier alpha value is -1.75. The Balaban J connectivity index is 1.97. The minimum absolute atomic E-state index is 0.168. The molecule has 2 N–H and O–H groups in total. The lowest BCUT2D eigenvalue weighted by Crippen LogP contribution is -2.30. The minimum Gasteiger partial charge on any atom is -0.493 e. The molecular formula is C16H24N2O3. The molecule has 1 saturated heterocycles. The quantitative estimate of drug-likeness (QED) is 0.862. The molecule has 1 amide bonds. The number of benzene rings is 1. The van der Waals surface area contributed by atoms with E-state index >= 15 is 0 Å². The van der Waals surface area contributed by atoms with E-state index in [1.54, 1.807) is 14.2 Å². The number of likely N-dealkylation sites (tertiary alicyclic amines) is 1. The maximum atomic E-state index is 12.3. The van der Waals surface area contributed by atoms with E-state index < -0.39 is 0 Å². The van der Waals surface area contributed by atoms with Crippen LogP contribution in [-0.4, -0.2) is 44.7 Å². The third-order valence-corrected chi connectivity index (χ3v) is 4.02. The van der Waals surface area contributed by atoms with Gasteiger partial charge in [-0.2, -0.15) is 0 Å². The van der Waals surface area contributed by atoms with Crippen LogP contribution in [-0.2, 0) is 11.2 Å². The molecule has 0 radical (unpaired) electrons. The summed E-state index contributed by atoms with van der Waals surface area (Å²) in [4.78, 5) is 14.3. The van der Waals surface area contributed by atoms with Gasteiger partial charge in [-0.1, -0.05) is 6.07 Å². The first-order valence-electron chi connectivity index (χ1n) is 7.36. The van der Waals surface area contributed by atoms with Gasteiger partial charge in [-0.3, -0.25) is 4.79 Å². The van der Waals surface area contributed by atoms with Crippen LogP contribution in [0.4, 0.5) is 0 Å². The lowest BCUT2D eigenvalue weighted by molar-refractivity contribution is -0.129. The van der Waals surface area contributed by atoms with Crippen molar-refractivity contribution in [2.45, 2.75) is 19.3 Å². The second kappa shape index (κ2) is 7.31. The molecule has 0 saturated carbocycles. The molecule has 1 unspecified atom stereocenters. The van der Waals surface area contributed by atoms with Crippen molar-refractivity contribution < 1.29 is 14.3 Å². The average Bonchev–Trinajstić information content (AvgIpc) is 2.96. The number of carbonyl (C=O) groups excluding carboxylic acids is 1. The minimum atomic E-state index is 0.168. The maximum absolute atomic E-state index is 12.3. The first-order chi connectivity index (χ1) is 10.2. The molecule has 5 nitrogen and oxygen atoms in total. The molecule has 1 atom stereocenters. The zero-order chi connectivity index (χ0) is 15.2. The molecule has 1 aromatic rings. The molecule has 1 aromatic carbocycles. The average molecular weight is 292 g/mol. The van der Waals surface area contributed by atoms with Gasteiger partial charge in [0.15, 0.2) is 11.5 Å². The van der Waals surface area contributed by atoms with Gasteiger partial charge >= 0.3 is 0 Å². The van der Waals surface area contributed by atoms with Crippen molar-refractivity contribution in [3.63, 3.8) is 0 Å². The first-order valence-corrected chi connectivity index (χ1v) is 7.36. The number of hydrogen-bond donors (Lipinski definition) is 1. The Bertz CT molecular complexity index is 490. The number of ether oxygens (including phenoxy) is 2. The fraction of sp³-hybridized carbons (Fsp3) is 0.562. The van der Waals surface area contributed by atoms with Crippen LogP contribution in [0.3, 0.4) is 0 Å². The van der Waals surface area contributed by atoms with Crippen LogP contribution in [0.2, 0.25) is 0 Å². The predicted molar refractivity (Wildman–Crippen MR) is 81.6 cm³/mol. The summed E-state index contributed by atoms with van der Waals surface area (Å²) in [7, 11) is 3.20. The second-order valence-corrected chi connectivity index (χ2v) is 5.44. The van der Waals surface area contributed by atoms with Gasteiger partial charge in [0.1, 0.15) is 0 Å². The Labute approximate surface area is 126 Å². The molecular weight excluding hydrogens is 268 g/mol. The highest BCUT2D eigenvalue weighted by Crippen LogP contribution is 2.28. The van der Waals surface area contributed by atoms with Gasteiger partial charge < -0.3 is 20.1 Å². The van der Waals surface area contributed by atoms with Gasteiger partial charge in [0.25, 0.3) is 0 Å².